The van der Waals surface area contributed by atoms with Crippen molar-refractivity contribution in [1.29, 1.82) is 0 Å². The van der Waals surface area contributed by atoms with Gasteiger partial charge in [0.15, 0.2) is 12.2 Å². The van der Waals surface area contributed by atoms with Gasteiger partial charge in [0, 0.05) is 43.1 Å². The Labute approximate surface area is 205 Å². The van der Waals surface area contributed by atoms with E-state index in [1.54, 1.807) is 0 Å². The van der Waals surface area contributed by atoms with Crippen LogP contribution in [0.15, 0.2) is 36.4 Å². The number of ether oxygens (including phenoxy) is 2. The zero-order chi connectivity index (χ0) is 25.8. The molecule has 4 N–H and O–H groups in total. The Kier molecular flexibility index (Phi) is 7.89. The number of anilines is 2. The summed E-state index contributed by atoms with van der Waals surface area (Å²) in [5, 5.41) is 12.9. The fourth-order valence-electron chi connectivity index (χ4n) is 4.01. The van der Waals surface area contributed by atoms with Gasteiger partial charge in [0.05, 0.1) is 25.4 Å². The summed E-state index contributed by atoms with van der Waals surface area (Å²) in [4.78, 5) is 41.2. The quantitative estimate of drug-likeness (QED) is 0.525. The zero-order valence-electron chi connectivity index (χ0n) is 19.3. The van der Waals surface area contributed by atoms with Crippen LogP contribution in [-0.2, 0) is 25.6 Å². The van der Waals surface area contributed by atoms with Crippen molar-refractivity contribution in [2.45, 2.75) is 18.8 Å². The molecule has 2 aliphatic heterocycles. The molecule has 2 aliphatic rings. The maximum absolute atomic E-state index is 14.5. The molecular weight excluding hydrogens is 478 g/mol. The van der Waals surface area contributed by atoms with Crippen molar-refractivity contribution in [1.82, 2.24) is 4.90 Å². The number of morpholine rings is 2. The summed E-state index contributed by atoms with van der Waals surface area (Å²) >= 11 is 0. The molecular formula is C24H26F2N4O6. The average molecular weight is 504 g/mol. The third-order valence-corrected chi connectivity index (χ3v) is 6.01. The van der Waals surface area contributed by atoms with Gasteiger partial charge in [0.2, 0.25) is 0 Å². The van der Waals surface area contributed by atoms with Gasteiger partial charge in [0.1, 0.15) is 11.6 Å². The average Bonchev–Trinajstić information content (AvgIpc) is 2.89. The second-order valence-electron chi connectivity index (χ2n) is 8.29. The first-order chi connectivity index (χ1) is 17.3. The van der Waals surface area contributed by atoms with E-state index in [4.69, 9.17) is 15.2 Å². The smallest absolute Gasteiger partial charge is 0.259 e. The SMILES string of the molecule is NCc1ccc(NC(=O)C(O)C2OCCN(c3ccc(F)c(C(=O)N4CCOCC4)c3)C2=O)cc1F. The zero-order valence-corrected chi connectivity index (χ0v) is 19.3. The molecule has 3 amide bonds. The van der Waals surface area contributed by atoms with Crippen molar-refractivity contribution in [3.05, 3.63) is 59.2 Å². The first-order valence-electron chi connectivity index (χ1n) is 11.4. The first kappa shape index (κ1) is 25.6. The minimum Gasteiger partial charge on any atom is -0.380 e. The topological polar surface area (TPSA) is 134 Å². The highest BCUT2D eigenvalue weighted by Gasteiger charge is 2.39. The molecule has 2 saturated heterocycles. The second kappa shape index (κ2) is 11.1. The Bertz CT molecular complexity index is 1160. The molecule has 0 bridgehead atoms. The molecule has 0 radical (unpaired) electrons. The molecule has 2 aromatic rings. The predicted molar refractivity (Wildman–Crippen MR) is 124 cm³/mol. The van der Waals surface area contributed by atoms with Crippen LogP contribution in [0, 0.1) is 11.6 Å². The van der Waals surface area contributed by atoms with E-state index < -0.39 is 41.6 Å². The van der Waals surface area contributed by atoms with Gasteiger partial charge in [-0.15, -0.1) is 0 Å². The van der Waals surface area contributed by atoms with Crippen molar-refractivity contribution in [2.24, 2.45) is 5.73 Å². The molecule has 2 aromatic carbocycles. The number of aliphatic hydroxyl groups excluding tert-OH is 1. The number of nitrogens with zero attached hydrogens (tertiary/aromatic N) is 2. The summed E-state index contributed by atoms with van der Waals surface area (Å²) in [6.45, 7) is 1.35. The highest BCUT2D eigenvalue weighted by Crippen LogP contribution is 2.25. The molecule has 10 nitrogen and oxygen atoms in total. The number of carbonyl (C=O) groups excluding carboxylic acids is 3. The summed E-state index contributed by atoms with van der Waals surface area (Å²) in [6, 6.07) is 7.54. The molecule has 0 aliphatic carbocycles. The molecule has 0 saturated carbocycles. The van der Waals surface area contributed by atoms with Crippen LogP contribution in [0.25, 0.3) is 0 Å². The van der Waals surface area contributed by atoms with Gasteiger partial charge in [-0.1, -0.05) is 6.07 Å². The molecule has 0 spiro atoms. The maximum Gasteiger partial charge on any atom is 0.259 e. The van der Waals surface area contributed by atoms with E-state index in [1.807, 2.05) is 0 Å². The van der Waals surface area contributed by atoms with E-state index in [1.165, 1.54) is 34.1 Å². The normalized spacial score (nSPS) is 19.2. The third-order valence-electron chi connectivity index (χ3n) is 6.01. The van der Waals surface area contributed by atoms with E-state index >= 15 is 0 Å². The molecule has 12 heteroatoms. The van der Waals surface area contributed by atoms with E-state index in [0.29, 0.717) is 26.3 Å². The molecule has 2 heterocycles. The lowest BCUT2D eigenvalue weighted by atomic mass is 10.1. The van der Waals surface area contributed by atoms with Gasteiger partial charge in [-0.2, -0.15) is 0 Å². The number of nitrogens with one attached hydrogen (secondary N) is 1. The molecule has 2 fully saturated rings. The van der Waals surface area contributed by atoms with Crippen molar-refractivity contribution >= 4 is 29.1 Å². The summed E-state index contributed by atoms with van der Waals surface area (Å²) in [6.07, 6.45) is -3.47. The lowest BCUT2D eigenvalue weighted by molar-refractivity contribution is -0.150. The number of hydrogen-bond acceptors (Lipinski definition) is 7. The van der Waals surface area contributed by atoms with Crippen LogP contribution in [0.5, 0.6) is 0 Å². The van der Waals surface area contributed by atoms with Crippen LogP contribution in [0.4, 0.5) is 20.2 Å². The van der Waals surface area contributed by atoms with Crippen LogP contribution >= 0.6 is 0 Å². The van der Waals surface area contributed by atoms with Gasteiger partial charge >= 0.3 is 0 Å². The van der Waals surface area contributed by atoms with Gasteiger partial charge < -0.3 is 35.4 Å². The minimum absolute atomic E-state index is 0.0217. The Hall–Kier alpha value is -3.45. The number of nitrogens with two attached hydrogens (primary N) is 1. The fourth-order valence-corrected chi connectivity index (χ4v) is 4.01. The monoisotopic (exact) mass is 504 g/mol. The fraction of sp³-hybridized carbons (Fsp3) is 0.375. The Morgan fingerprint density at radius 1 is 1.08 bits per heavy atom. The van der Waals surface area contributed by atoms with Gasteiger partial charge in [-0.25, -0.2) is 8.78 Å². The Morgan fingerprint density at radius 2 is 1.83 bits per heavy atom. The van der Waals surface area contributed by atoms with E-state index in [2.05, 4.69) is 5.32 Å². The second-order valence-corrected chi connectivity index (χ2v) is 8.29. The largest absolute Gasteiger partial charge is 0.380 e. The first-order valence-corrected chi connectivity index (χ1v) is 11.4. The van der Waals surface area contributed by atoms with Crippen LogP contribution in [0.3, 0.4) is 0 Å². The lowest BCUT2D eigenvalue weighted by Gasteiger charge is -2.34. The molecule has 0 aromatic heterocycles. The Balaban J connectivity index is 1.48. The van der Waals surface area contributed by atoms with E-state index in [9.17, 15) is 28.3 Å². The summed E-state index contributed by atoms with van der Waals surface area (Å²) < 4.78 is 39.0. The van der Waals surface area contributed by atoms with Crippen LogP contribution in [0.1, 0.15) is 15.9 Å². The maximum atomic E-state index is 14.5. The summed E-state index contributed by atoms with van der Waals surface area (Å²) in [5.74, 6) is -3.61. The number of benzene rings is 2. The third kappa shape index (κ3) is 5.36. The van der Waals surface area contributed by atoms with E-state index in [-0.39, 0.29) is 42.2 Å². The molecule has 36 heavy (non-hydrogen) atoms. The Morgan fingerprint density at radius 3 is 2.53 bits per heavy atom. The van der Waals surface area contributed by atoms with Crippen LogP contribution < -0.4 is 16.0 Å². The van der Waals surface area contributed by atoms with Gasteiger partial charge in [-0.3, -0.25) is 14.4 Å². The standard InChI is InChI=1S/C24H26F2N4O6/c25-18-4-3-16(12-17(18)23(33)29-5-8-35-9-6-29)30-7-10-36-21(24(30)34)20(31)22(32)28-15-2-1-14(13-27)19(26)11-15/h1-4,11-12,20-21,31H,5-10,13,27H2,(H,28,32). The van der Waals surface area contributed by atoms with Crippen molar-refractivity contribution in [2.75, 3.05) is 49.7 Å². The highest BCUT2D eigenvalue weighted by atomic mass is 19.1. The molecule has 2 unspecified atom stereocenters. The number of rotatable bonds is 6. The van der Waals surface area contributed by atoms with Crippen molar-refractivity contribution in [3.8, 4) is 0 Å². The summed E-state index contributed by atoms with van der Waals surface area (Å²) in [7, 11) is 0. The predicted octanol–water partition coefficient (Wildman–Crippen LogP) is 0.627. The molecule has 192 valence electrons. The van der Waals surface area contributed by atoms with Crippen molar-refractivity contribution < 1.29 is 37.7 Å². The number of amides is 3. The summed E-state index contributed by atoms with van der Waals surface area (Å²) in [5.41, 5.74) is 5.76. The highest BCUT2D eigenvalue weighted by molar-refractivity contribution is 6.04. The van der Waals surface area contributed by atoms with Crippen LogP contribution in [-0.4, -0.2) is 79.4 Å². The van der Waals surface area contributed by atoms with Gasteiger partial charge in [-0.05, 0) is 30.3 Å². The van der Waals surface area contributed by atoms with Crippen LogP contribution in [0.2, 0.25) is 0 Å². The lowest BCUT2D eigenvalue weighted by Crippen LogP contribution is -2.55. The minimum atomic E-state index is -1.91. The van der Waals surface area contributed by atoms with Gasteiger partial charge in [0.25, 0.3) is 17.7 Å². The number of halogens is 2. The molecule has 2 atom stereocenters. The number of aliphatic hydroxyl groups is 1. The molecule has 4 rings (SSSR count). The van der Waals surface area contributed by atoms with E-state index in [0.717, 1.165) is 12.1 Å². The number of hydrogen-bond donors (Lipinski definition) is 3. The number of carbonyl (C=O) groups is 3. The van der Waals surface area contributed by atoms with Crippen molar-refractivity contribution in [3.63, 3.8) is 0 Å².